The Morgan fingerprint density at radius 1 is 1.29 bits per heavy atom. The van der Waals surface area contributed by atoms with Crippen LogP contribution in [0.25, 0.3) is 0 Å². The zero-order valence-corrected chi connectivity index (χ0v) is 13.7. The number of amides is 1. The van der Waals surface area contributed by atoms with Crippen LogP contribution in [-0.2, 0) is 4.79 Å². The van der Waals surface area contributed by atoms with E-state index in [1.165, 1.54) is 12.1 Å². The van der Waals surface area contributed by atoms with Crippen LogP contribution in [0.3, 0.4) is 0 Å². The number of carbonyl (C=O) groups excluding carboxylic acids is 1. The average molecular weight is 294 g/mol. The van der Waals surface area contributed by atoms with Crippen LogP contribution in [0.1, 0.15) is 45.7 Å². The van der Waals surface area contributed by atoms with Crippen molar-refractivity contribution in [3.63, 3.8) is 0 Å². The molecule has 4 heteroatoms. The van der Waals surface area contributed by atoms with Gasteiger partial charge in [-0.2, -0.15) is 0 Å². The lowest BCUT2D eigenvalue weighted by Crippen LogP contribution is -2.39. The molecule has 0 saturated heterocycles. The number of rotatable bonds is 5. The third-order valence-corrected chi connectivity index (χ3v) is 3.77. The lowest BCUT2D eigenvalue weighted by atomic mass is 9.84. The first-order valence-electron chi connectivity index (χ1n) is 7.38. The zero-order valence-electron chi connectivity index (χ0n) is 13.7. The molecule has 2 N–H and O–H groups in total. The van der Waals surface area contributed by atoms with Gasteiger partial charge in [0.25, 0.3) is 0 Å². The summed E-state index contributed by atoms with van der Waals surface area (Å²) in [6.07, 6.45) is 0.753. The minimum Gasteiger partial charge on any atom is -0.339 e. The molecule has 1 amide bonds. The van der Waals surface area contributed by atoms with Gasteiger partial charge >= 0.3 is 0 Å². The van der Waals surface area contributed by atoms with Gasteiger partial charge < -0.3 is 10.6 Å². The molecule has 0 aliphatic rings. The second-order valence-corrected chi connectivity index (χ2v) is 6.87. The normalized spacial score (nSPS) is 14.6. The van der Waals surface area contributed by atoms with Gasteiger partial charge in [0.1, 0.15) is 5.82 Å². The van der Waals surface area contributed by atoms with Gasteiger partial charge in [-0.25, -0.2) is 4.39 Å². The highest BCUT2D eigenvalue weighted by atomic mass is 19.1. The van der Waals surface area contributed by atoms with Crippen molar-refractivity contribution < 1.29 is 9.18 Å². The molecule has 0 spiro atoms. The maximum absolute atomic E-state index is 13.0. The quantitative estimate of drug-likeness (QED) is 0.905. The Kier molecular flexibility index (Phi) is 5.90. The van der Waals surface area contributed by atoms with Gasteiger partial charge in [0, 0.05) is 13.6 Å². The summed E-state index contributed by atoms with van der Waals surface area (Å²) in [7, 11) is 1.78. The maximum atomic E-state index is 13.0. The van der Waals surface area contributed by atoms with Crippen molar-refractivity contribution in [3.05, 3.63) is 35.6 Å². The monoisotopic (exact) mass is 294 g/mol. The van der Waals surface area contributed by atoms with Crippen LogP contribution in [0.5, 0.6) is 0 Å². The van der Waals surface area contributed by atoms with Gasteiger partial charge in [-0.3, -0.25) is 4.79 Å². The number of carbonyl (C=O) groups is 1. The van der Waals surface area contributed by atoms with Crippen LogP contribution in [0, 0.1) is 17.2 Å². The molecular formula is C17H27FN2O. The van der Waals surface area contributed by atoms with Gasteiger partial charge in [-0.15, -0.1) is 0 Å². The first-order chi connectivity index (χ1) is 9.65. The lowest BCUT2D eigenvalue weighted by molar-refractivity contribution is -0.136. The van der Waals surface area contributed by atoms with Gasteiger partial charge in [0.2, 0.25) is 5.91 Å². The maximum Gasteiger partial charge on any atom is 0.227 e. The number of benzene rings is 1. The van der Waals surface area contributed by atoms with E-state index in [1.807, 2.05) is 6.92 Å². The highest BCUT2D eigenvalue weighted by Crippen LogP contribution is 2.27. The number of nitrogens with two attached hydrogens (primary N) is 1. The minimum absolute atomic E-state index is 0.0456. The van der Waals surface area contributed by atoms with E-state index in [1.54, 1.807) is 24.1 Å². The highest BCUT2D eigenvalue weighted by Gasteiger charge is 2.28. The average Bonchev–Trinajstić information content (AvgIpc) is 2.42. The number of hydrogen-bond acceptors (Lipinski definition) is 2. The van der Waals surface area contributed by atoms with Crippen molar-refractivity contribution in [2.24, 2.45) is 17.1 Å². The predicted molar refractivity (Wildman–Crippen MR) is 84.2 cm³/mol. The summed E-state index contributed by atoms with van der Waals surface area (Å²) in [4.78, 5) is 14.3. The summed E-state index contributed by atoms with van der Waals surface area (Å²) in [5.74, 6) is -0.408. The Labute approximate surface area is 127 Å². The van der Waals surface area contributed by atoms with Crippen LogP contribution >= 0.6 is 0 Å². The first-order valence-corrected chi connectivity index (χ1v) is 7.38. The molecular weight excluding hydrogens is 267 g/mol. The van der Waals surface area contributed by atoms with Crippen molar-refractivity contribution >= 4 is 5.91 Å². The smallest absolute Gasteiger partial charge is 0.227 e. The molecule has 0 fully saturated rings. The van der Waals surface area contributed by atoms with E-state index < -0.39 is 0 Å². The van der Waals surface area contributed by atoms with Crippen molar-refractivity contribution in [1.29, 1.82) is 0 Å². The summed E-state index contributed by atoms with van der Waals surface area (Å²) >= 11 is 0. The molecule has 0 aliphatic heterocycles. The van der Waals surface area contributed by atoms with Crippen LogP contribution in [-0.4, -0.2) is 24.4 Å². The van der Waals surface area contributed by atoms with E-state index in [2.05, 4.69) is 20.8 Å². The zero-order chi connectivity index (χ0) is 16.2. The second-order valence-electron chi connectivity index (χ2n) is 6.87. The SMILES string of the molecule is CC(c1ccc(F)cc1)N(C)C(=O)C(CN)CC(C)(C)C. The second kappa shape index (κ2) is 7.03. The van der Waals surface area contributed by atoms with Gasteiger partial charge in [-0.05, 0) is 36.5 Å². The molecule has 0 bridgehead atoms. The Bertz CT molecular complexity index is 465. The van der Waals surface area contributed by atoms with Gasteiger partial charge in [0.15, 0.2) is 0 Å². The van der Waals surface area contributed by atoms with Gasteiger partial charge in [-0.1, -0.05) is 32.9 Å². The molecule has 21 heavy (non-hydrogen) atoms. The molecule has 0 aromatic heterocycles. The molecule has 1 rings (SSSR count). The van der Waals surface area contributed by atoms with Crippen LogP contribution in [0.4, 0.5) is 4.39 Å². The Hall–Kier alpha value is -1.42. The lowest BCUT2D eigenvalue weighted by Gasteiger charge is -2.31. The predicted octanol–water partition coefficient (Wildman–Crippen LogP) is 3.36. The third-order valence-electron chi connectivity index (χ3n) is 3.77. The fraction of sp³-hybridized carbons (Fsp3) is 0.588. The molecule has 2 unspecified atom stereocenters. The third kappa shape index (κ3) is 5.12. The molecule has 1 aromatic rings. The Morgan fingerprint density at radius 2 is 1.81 bits per heavy atom. The standard InChI is InChI=1S/C17H27FN2O/c1-12(13-6-8-15(18)9-7-13)20(5)16(21)14(11-19)10-17(2,3)4/h6-9,12,14H,10-11,19H2,1-5H3. The van der Waals surface area contributed by atoms with Crippen molar-refractivity contribution in [3.8, 4) is 0 Å². The number of hydrogen-bond donors (Lipinski definition) is 1. The highest BCUT2D eigenvalue weighted by molar-refractivity contribution is 5.79. The molecule has 0 radical (unpaired) electrons. The topological polar surface area (TPSA) is 46.3 Å². The molecule has 118 valence electrons. The summed E-state index contributed by atoms with van der Waals surface area (Å²) in [6.45, 7) is 8.59. The van der Waals surface area contributed by atoms with Crippen molar-refractivity contribution in [2.75, 3.05) is 13.6 Å². The van der Waals surface area contributed by atoms with E-state index in [9.17, 15) is 9.18 Å². The summed E-state index contributed by atoms with van der Waals surface area (Å²) in [5.41, 5.74) is 6.75. The number of halogens is 1. The molecule has 0 heterocycles. The van der Waals surface area contributed by atoms with E-state index in [0.717, 1.165) is 12.0 Å². The van der Waals surface area contributed by atoms with Crippen molar-refractivity contribution in [1.82, 2.24) is 4.90 Å². The Balaban J connectivity index is 2.82. The fourth-order valence-electron chi connectivity index (χ4n) is 2.45. The first kappa shape index (κ1) is 17.6. The van der Waals surface area contributed by atoms with Crippen LogP contribution < -0.4 is 5.73 Å². The Morgan fingerprint density at radius 3 is 2.24 bits per heavy atom. The summed E-state index contributed by atoms with van der Waals surface area (Å²) in [6, 6.07) is 6.15. The molecule has 1 aromatic carbocycles. The van der Waals surface area contributed by atoms with Crippen LogP contribution in [0.2, 0.25) is 0 Å². The van der Waals surface area contributed by atoms with Gasteiger partial charge in [0.05, 0.1) is 12.0 Å². The largest absolute Gasteiger partial charge is 0.339 e. The van der Waals surface area contributed by atoms with E-state index in [-0.39, 0.29) is 29.1 Å². The number of nitrogens with zero attached hydrogens (tertiary/aromatic N) is 1. The summed E-state index contributed by atoms with van der Waals surface area (Å²) < 4.78 is 13.0. The molecule has 0 saturated carbocycles. The summed E-state index contributed by atoms with van der Waals surface area (Å²) in [5, 5.41) is 0. The van der Waals surface area contributed by atoms with Crippen LogP contribution in [0.15, 0.2) is 24.3 Å². The van der Waals surface area contributed by atoms with E-state index in [0.29, 0.717) is 6.54 Å². The minimum atomic E-state index is -0.271. The fourth-order valence-corrected chi connectivity index (χ4v) is 2.45. The van der Waals surface area contributed by atoms with E-state index >= 15 is 0 Å². The van der Waals surface area contributed by atoms with E-state index in [4.69, 9.17) is 5.73 Å². The molecule has 3 nitrogen and oxygen atoms in total. The van der Waals surface area contributed by atoms with Crippen molar-refractivity contribution in [2.45, 2.75) is 40.2 Å². The molecule has 0 aliphatic carbocycles. The molecule has 2 atom stereocenters.